The fraction of sp³-hybridized carbons (Fsp3) is 0.360. The van der Waals surface area contributed by atoms with Gasteiger partial charge in [0.15, 0.2) is 0 Å². The summed E-state index contributed by atoms with van der Waals surface area (Å²) in [6.07, 6.45) is 7.23. The third kappa shape index (κ3) is 3.79. The van der Waals surface area contributed by atoms with Gasteiger partial charge >= 0.3 is 0 Å². The maximum absolute atomic E-state index is 13.8. The van der Waals surface area contributed by atoms with E-state index in [0.29, 0.717) is 22.3 Å². The standard InChI is InChI=1S/C25H26FN5O2/c1-3-25(9-8-20-18-6-4-5-7-19(18)23(32)30-29-20)11-17(12-25)28-24(33)21-13-27-22-15(2)10-16(26)14-31(21)22/h4-7,10,13-14,17H,3,8-9,11-12H2,1-2H3,(H,28,33)(H,30,32)/t17-,25-. The summed E-state index contributed by atoms with van der Waals surface area (Å²) in [4.78, 5) is 29.2. The van der Waals surface area contributed by atoms with Gasteiger partial charge in [-0.1, -0.05) is 31.5 Å². The van der Waals surface area contributed by atoms with Crippen molar-refractivity contribution in [1.29, 1.82) is 0 Å². The van der Waals surface area contributed by atoms with Gasteiger partial charge in [0.2, 0.25) is 0 Å². The third-order valence-electron chi connectivity index (χ3n) is 7.10. The molecule has 0 unspecified atom stereocenters. The molecular formula is C25H26FN5O2. The average Bonchev–Trinajstić information content (AvgIpc) is 3.21. The van der Waals surface area contributed by atoms with Gasteiger partial charge in [-0.2, -0.15) is 5.10 Å². The highest BCUT2D eigenvalue weighted by molar-refractivity contribution is 5.93. The van der Waals surface area contributed by atoms with Crippen molar-refractivity contribution in [2.45, 2.75) is 52.0 Å². The van der Waals surface area contributed by atoms with Crippen LogP contribution in [0, 0.1) is 18.2 Å². The topological polar surface area (TPSA) is 92.1 Å². The molecule has 5 rings (SSSR count). The van der Waals surface area contributed by atoms with Crippen LogP contribution in [0.3, 0.4) is 0 Å². The van der Waals surface area contributed by atoms with Gasteiger partial charge in [0.05, 0.1) is 17.3 Å². The summed E-state index contributed by atoms with van der Waals surface area (Å²) in [5.41, 5.74) is 2.45. The molecular weight excluding hydrogens is 421 g/mol. The molecule has 4 aromatic rings. The summed E-state index contributed by atoms with van der Waals surface area (Å²) in [5, 5.41) is 11.6. The summed E-state index contributed by atoms with van der Waals surface area (Å²) in [6.45, 7) is 3.95. The minimum atomic E-state index is -0.399. The van der Waals surface area contributed by atoms with Gasteiger partial charge in [0.1, 0.15) is 17.2 Å². The molecule has 1 aliphatic carbocycles. The highest BCUT2D eigenvalue weighted by atomic mass is 19.1. The van der Waals surface area contributed by atoms with Crippen molar-refractivity contribution >= 4 is 22.3 Å². The second-order valence-electron chi connectivity index (χ2n) is 9.16. The van der Waals surface area contributed by atoms with E-state index in [1.807, 2.05) is 24.3 Å². The number of nitrogens with one attached hydrogen (secondary N) is 2. The first-order valence-electron chi connectivity index (χ1n) is 11.3. The van der Waals surface area contributed by atoms with Gasteiger partial charge in [-0.25, -0.2) is 14.5 Å². The first kappa shape index (κ1) is 21.3. The molecule has 0 radical (unpaired) electrons. The van der Waals surface area contributed by atoms with Crippen LogP contribution in [0.5, 0.6) is 0 Å². The normalized spacial score (nSPS) is 20.2. The van der Waals surface area contributed by atoms with Crippen molar-refractivity contribution in [3.8, 4) is 0 Å². The van der Waals surface area contributed by atoms with E-state index in [1.165, 1.54) is 22.9 Å². The average molecular weight is 448 g/mol. The number of amides is 1. The van der Waals surface area contributed by atoms with Crippen LogP contribution in [-0.4, -0.2) is 31.5 Å². The number of halogens is 1. The Balaban J connectivity index is 1.26. The van der Waals surface area contributed by atoms with Crippen LogP contribution in [0.15, 0.2) is 47.5 Å². The second-order valence-corrected chi connectivity index (χ2v) is 9.16. The SMILES string of the molecule is CC[C@]1(CCc2n[nH]c(=O)c3ccccc23)C[C@H](NC(=O)c2cnc3c(C)cc(F)cn23)C1. The van der Waals surface area contributed by atoms with Crippen molar-refractivity contribution in [2.75, 3.05) is 0 Å². The number of hydrogen-bond donors (Lipinski definition) is 2. The Hall–Kier alpha value is -3.55. The zero-order valence-electron chi connectivity index (χ0n) is 18.7. The minimum Gasteiger partial charge on any atom is -0.348 e. The Kier molecular flexibility index (Phi) is 5.23. The fourth-order valence-corrected chi connectivity index (χ4v) is 5.15. The molecule has 3 aromatic heterocycles. The van der Waals surface area contributed by atoms with E-state index < -0.39 is 5.82 Å². The molecule has 0 atom stereocenters. The molecule has 2 N–H and O–H groups in total. The van der Waals surface area contributed by atoms with Gasteiger partial charge < -0.3 is 5.32 Å². The van der Waals surface area contributed by atoms with E-state index in [9.17, 15) is 14.0 Å². The highest BCUT2D eigenvalue weighted by Gasteiger charge is 2.43. The van der Waals surface area contributed by atoms with Gasteiger partial charge in [-0.3, -0.25) is 14.0 Å². The maximum atomic E-state index is 13.8. The molecule has 0 aliphatic heterocycles. The number of imidazole rings is 1. The Morgan fingerprint density at radius 3 is 2.82 bits per heavy atom. The van der Waals surface area contributed by atoms with E-state index in [0.717, 1.165) is 43.2 Å². The number of aromatic nitrogens is 4. The van der Waals surface area contributed by atoms with Crippen molar-refractivity contribution in [1.82, 2.24) is 24.9 Å². The number of fused-ring (bicyclic) bond motifs is 2. The molecule has 1 fully saturated rings. The van der Waals surface area contributed by atoms with E-state index in [-0.39, 0.29) is 22.9 Å². The molecule has 1 aliphatic rings. The van der Waals surface area contributed by atoms with Gasteiger partial charge in [0, 0.05) is 17.6 Å². The van der Waals surface area contributed by atoms with Crippen molar-refractivity contribution in [3.05, 3.63) is 75.8 Å². The fourth-order valence-electron chi connectivity index (χ4n) is 5.15. The van der Waals surface area contributed by atoms with Crippen LogP contribution in [0.25, 0.3) is 16.4 Å². The van der Waals surface area contributed by atoms with E-state index in [4.69, 9.17) is 0 Å². The van der Waals surface area contributed by atoms with Crippen LogP contribution >= 0.6 is 0 Å². The van der Waals surface area contributed by atoms with Gasteiger partial charge in [0.25, 0.3) is 11.5 Å². The molecule has 3 heterocycles. The smallest absolute Gasteiger partial charge is 0.272 e. The number of rotatable bonds is 6. The summed E-state index contributed by atoms with van der Waals surface area (Å²) < 4.78 is 15.4. The lowest BCUT2D eigenvalue weighted by atomic mass is 9.61. The lowest BCUT2D eigenvalue weighted by Crippen LogP contribution is -2.51. The number of carbonyl (C=O) groups is 1. The number of hydrogen-bond acceptors (Lipinski definition) is 4. The molecule has 1 amide bonds. The molecule has 33 heavy (non-hydrogen) atoms. The Morgan fingerprint density at radius 2 is 2.06 bits per heavy atom. The van der Waals surface area contributed by atoms with E-state index in [1.54, 1.807) is 6.92 Å². The van der Waals surface area contributed by atoms with Crippen LogP contribution < -0.4 is 10.9 Å². The molecule has 0 saturated heterocycles. The maximum Gasteiger partial charge on any atom is 0.272 e. The van der Waals surface area contributed by atoms with Gasteiger partial charge in [-0.15, -0.1) is 0 Å². The monoisotopic (exact) mass is 447 g/mol. The van der Waals surface area contributed by atoms with Crippen molar-refractivity contribution < 1.29 is 9.18 Å². The van der Waals surface area contributed by atoms with Gasteiger partial charge in [-0.05, 0) is 55.7 Å². The number of nitrogens with zero attached hydrogens (tertiary/aromatic N) is 3. The molecule has 1 aromatic carbocycles. The van der Waals surface area contributed by atoms with Crippen molar-refractivity contribution in [2.24, 2.45) is 5.41 Å². The second kappa shape index (κ2) is 8.10. The zero-order valence-corrected chi connectivity index (χ0v) is 18.7. The number of aromatic amines is 1. The Morgan fingerprint density at radius 1 is 1.30 bits per heavy atom. The van der Waals surface area contributed by atoms with Crippen LogP contribution in [0.1, 0.15) is 54.4 Å². The molecule has 1 saturated carbocycles. The van der Waals surface area contributed by atoms with Crippen LogP contribution in [0.4, 0.5) is 4.39 Å². The number of benzene rings is 1. The third-order valence-corrected chi connectivity index (χ3v) is 7.10. The van der Waals surface area contributed by atoms with Crippen molar-refractivity contribution in [3.63, 3.8) is 0 Å². The molecule has 170 valence electrons. The number of pyridine rings is 1. The highest BCUT2D eigenvalue weighted by Crippen LogP contribution is 2.47. The van der Waals surface area contributed by atoms with E-state index in [2.05, 4.69) is 27.4 Å². The Labute approximate surface area is 190 Å². The lowest BCUT2D eigenvalue weighted by Gasteiger charge is -2.48. The predicted octanol–water partition coefficient (Wildman–Crippen LogP) is 3.94. The number of H-pyrrole nitrogens is 1. The molecule has 0 bridgehead atoms. The zero-order chi connectivity index (χ0) is 23.2. The predicted molar refractivity (Wildman–Crippen MR) is 124 cm³/mol. The largest absolute Gasteiger partial charge is 0.348 e. The number of aryl methyl sites for hydroxylation is 2. The Bertz CT molecular complexity index is 1420. The first-order chi connectivity index (χ1) is 15.9. The lowest BCUT2D eigenvalue weighted by molar-refractivity contribution is 0.0568. The molecule has 8 heteroatoms. The quantitative estimate of drug-likeness (QED) is 0.468. The summed E-state index contributed by atoms with van der Waals surface area (Å²) in [6, 6.07) is 9.01. The minimum absolute atomic E-state index is 0.0675. The van der Waals surface area contributed by atoms with Crippen LogP contribution in [0.2, 0.25) is 0 Å². The van der Waals surface area contributed by atoms with E-state index >= 15 is 0 Å². The van der Waals surface area contributed by atoms with Crippen LogP contribution in [-0.2, 0) is 6.42 Å². The summed E-state index contributed by atoms with van der Waals surface area (Å²) in [5.74, 6) is -0.639. The molecule has 7 nitrogen and oxygen atoms in total. The molecule has 0 spiro atoms. The summed E-state index contributed by atoms with van der Waals surface area (Å²) in [7, 11) is 0. The first-order valence-corrected chi connectivity index (χ1v) is 11.3. The number of carbonyl (C=O) groups excluding carboxylic acids is 1. The summed E-state index contributed by atoms with van der Waals surface area (Å²) >= 11 is 0.